The molecule has 21 heavy (non-hydrogen) atoms. The summed E-state index contributed by atoms with van der Waals surface area (Å²) in [5.74, 6) is -0.206. The van der Waals surface area contributed by atoms with E-state index in [2.05, 4.69) is 5.32 Å². The first-order valence-electron chi connectivity index (χ1n) is 6.62. The van der Waals surface area contributed by atoms with E-state index >= 15 is 0 Å². The van der Waals surface area contributed by atoms with E-state index in [-0.39, 0.29) is 24.5 Å². The van der Waals surface area contributed by atoms with Crippen molar-refractivity contribution in [1.29, 1.82) is 0 Å². The second kappa shape index (κ2) is 6.87. The highest BCUT2D eigenvalue weighted by Crippen LogP contribution is 2.23. The van der Waals surface area contributed by atoms with Crippen molar-refractivity contribution in [3.05, 3.63) is 50.7 Å². The van der Waals surface area contributed by atoms with Gasteiger partial charge in [-0.25, -0.2) is 0 Å². The number of hydrogen-bond donors (Lipinski definition) is 1. The van der Waals surface area contributed by atoms with Gasteiger partial charge in [-0.15, -0.1) is 11.3 Å². The standard InChI is InChI=1S/C16H16ClNO2S/c1-10-4-3-5-12(11(10)2)18-16(20)9-6-13(19)14-7-8-15(17)21-14/h3-5,7-8H,6,9H2,1-2H3,(H,18,20). The van der Waals surface area contributed by atoms with Gasteiger partial charge < -0.3 is 5.32 Å². The minimum atomic E-state index is -0.153. The monoisotopic (exact) mass is 321 g/mol. The minimum Gasteiger partial charge on any atom is -0.326 e. The Kier molecular flexibility index (Phi) is 5.15. The summed E-state index contributed by atoms with van der Waals surface area (Å²) in [5, 5.41) is 2.85. The molecule has 0 radical (unpaired) electrons. The van der Waals surface area contributed by atoms with Crippen molar-refractivity contribution < 1.29 is 9.59 Å². The Labute approximate surface area is 132 Å². The normalized spacial score (nSPS) is 10.4. The van der Waals surface area contributed by atoms with E-state index < -0.39 is 0 Å². The quantitative estimate of drug-likeness (QED) is 0.817. The molecule has 110 valence electrons. The Morgan fingerprint density at radius 2 is 1.90 bits per heavy atom. The summed E-state index contributed by atoms with van der Waals surface area (Å²) >= 11 is 7.03. The number of hydrogen-bond acceptors (Lipinski definition) is 3. The van der Waals surface area contributed by atoms with E-state index in [4.69, 9.17) is 11.6 Å². The SMILES string of the molecule is Cc1cccc(NC(=O)CCC(=O)c2ccc(Cl)s2)c1C. The van der Waals surface area contributed by atoms with Crippen LogP contribution in [0.4, 0.5) is 5.69 Å². The number of aryl methyl sites for hydroxylation is 1. The fourth-order valence-electron chi connectivity index (χ4n) is 1.91. The first kappa shape index (κ1) is 15.7. The van der Waals surface area contributed by atoms with Gasteiger partial charge in [-0.2, -0.15) is 0 Å². The van der Waals surface area contributed by atoms with Crippen LogP contribution < -0.4 is 5.32 Å². The third kappa shape index (κ3) is 4.16. The number of amides is 1. The summed E-state index contributed by atoms with van der Waals surface area (Å²) in [7, 11) is 0. The van der Waals surface area contributed by atoms with Crippen molar-refractivity contribution in [3.8, 4) is 0 Å². The first-order chi connectivity index (χ1) is 9.97. The summed E-state index contributed by atoms with van der Waals surface area (Å²) in [5.41, 5.74) is 2.96. The van der Waals surface area contributed by atoms with E-state index in [0.717, 1.165) is 16.8 Å². The fourth-order valence-corrected chi connectivity index (χ4v) is 2.92. The summed E-state index contributed by atoms with van der Waals surface area (Å²) < 4.78 is 0.582. The molecule has 0 atom stereocenters. The predicted molar refractivity (Wildman–Crippen MR) is 87.4 cm³/mol. The molecule has 0 saturated heterocycles. The molecule has 0 unspecified atom stereocenters. The molecule has 1 aromatic carbocycles. The zero-order valence-electron chi connectivity index (χ0n) is 11.9. The van der Waals surface area contributed by atoms with Gasteiger partial charge in [0.05, 0.1) is 9.21 Å². The Bertz CT molecular complexity index is 679. The first-order valence-corrected chi connectivity index (χ1v) is 7.81. The number of benzene rings is 1. The van der Waals surface area contributed by atoms with Crippen LogP contribution in [0.25, 0.3) is 0 Å². The lowest BCUT2D eigenvalue weighted by molar-refractivity contribution is -0.116. The van der Waals surface area contributed by atoms with Gasteiger partial charge in [0.25, 0.3) is 0 Å². The number of anilines is 1. The number of nitrogens with one attached hydrogen (secondary N) is 1. The molecule has 1 heterocycles. The maximum atomic E-state index is 11.9. The number of thiophene rings is 1. The van der Waals surface area contributed by atoms with Crippen LogP contribution in [0.15, 0.2) is 30.3 Å². The van der Waals surface area contributed by atoms with Crippen LogP contribution in [-0.2, 0) is 4.79 Å². The van der Waals surface area contributed by atoms with E-state index in [1.807, 2.05) is 32.0 Å². The van der Waals surface area contributed by atoms with E-state index in [1.165, 1.54) is 11.3 Å². The third-order valence-electron chi connectivity index (χ3n) is 3.31. The molecular weight excluding hydrogens is 306 g/mol. The zero-order chi connectivity index (χ0) is 15.4. The smallest absolute Gasteiger partial charge is 0.224 e. The molecule has 1 aromatic heterocycles. The number of halogens is 1. The van der Waals surface area contributed by atoms with Gasteiger partial charge in [0.2, 0.25) is 5.91 Å². The summed E-state index contributed by atoms with van der Waals surface area (Å²) in [6, 6.07) is 9.14. The molecule has 2 aromatic rings. The van der Waals surface area contributed by atoms with Crippen molar-refractivity contribution in [1.82, 2.24) is 0 Å². The van der Waals surface area contributed by atoms with Crippen molar-refractivity contribution in [2.24, 2.45) is 0 Å². The molecule has 3 nitrogen and oxygen atoms in total. The van der Waals surface area contributed by atoms with Crippen LogP contribution in [-0.4, -0.2) is 11.7 Å². The highest BCUT2D eigenvalue weighted by atomic mass is 35.5. The van der Waals surface area contributed by atoms with Crippen LogP contribution in [0.2, 0.25) is 4.34 Å². The second-order valence-corrected chi connectivity index (χ2v) is 6.54. The maximum absolute atomic E-state index is 11.9. The second-order valence-electron chi connectivity index (χ2n) is 4.82. The summed E-state index contributed by atoms with van der Waals surface area (Å²) in [6.07, 6.45) is 0.356. The van der Waals surface area contributed by atoms with E-state index in [0.29, 0.717) is 9.21 Å². The molecule has 0 bridgehead atoms. The average Bonchev–Trinajstić information content (AvgIpc) is 2.88. The summed E-state index contributed by atoms with van der Waals surface area (Å²) in [4.78, 5) is 24.4. The van der Waals surface area contributed by atoms with Crippen molar-refractivity contribution >= 4 is 40.3 Å². The van der Waals surface area contributed by atoms with Gasteiger partial charge in [0.15, 0.2) is 5.78 Å². The molecule has 0 aliphatic heterocycles. The minimum absolute atomic E-state index is 0.0528. The van der Waals surface area contributed by atoms with Gasteiger partial charge >= 0.3 is 0 Å². The Hall–Kier alpha value is -1.65. The van der Waals surface area contributed by atoms with Crippen molar-refractivity contribution in [3.63, 3.8) is 0 Å². The predicted octanol–water partition coefficient (Wildman–Crippen LogP) is 4.62. The van der Waals surface area contributed by atoms with Crippen molar-refractivity contribution in [2.75, 3.05) is 5.32 Å². The molecule has 0 fully saturated rings. The van der Waals surface area contributed by atoms with Gasteiger partial charge in [-0.1, -0.05) is 23.7 Å². The number of Topliss-reactive ketones (excluding diaryl/α,β-unsaturated/α-hetero) is 1. The van der Waals surface area contributed by atoms with Gasteiger partial charge in [-0.05, 0) is 43.2 Å². The highest BCUT2D eigenvalue weighted by molar-refractivity contribution is 7.18. The van der Waals surface area contributed by atoms with Crippen LogP contribution in [0.5, 0.6) is 0 Å². The molecule has 1 N–H and O–H groups in total. The van der Waals surface area contributed by atoms with Crippen LogP contribution in [0.3, 0.4) is 0 Å². The van der Waals surface area contributed by atoms with Crippen LogP contribution in [0.1, 0.15) is 33.6 Å². The van der Waals surface area contributed by atoms with Gasteiger partial charge in [0, 0.05) is 18.5 Å². The number of rotatable bonds is 5. The topological polar surface area (TPSA) is 46.2 Å². The van der Waals surface area contributed by atoms with Gasteiger partial charge in [-0.3, -0.25) is 9.59 Å². The fraction of sp³-hybridized carbons (Fsp3) is 0.250. The average molecular weight is 322 g/mol. The number of carbonyl (C=O) groups excluding carboxylic acids is 2. The number of carbonyl (C=O) groups is 2. The van der Waals surface area contributed by atoms with Gasteiger partial charge in [0.1, 0.15) is 0 Å². The zero-order valence-corrected chi connectivity index (χ0v) is 13.5. The molecule has 0 saturated carbocycles. The third-order valence-corrected chi connectivity index (χ3v) is 4.58. The van der Waals surface area contributed by atoms with E-state index in [1.54, 1.807) is 12.1 Å². The largest absolute Gasteiger partial charge is 0.326 e. The maximum Gasteiger partial charge on any atom is 0.224 e. The molecule has 5 heteroatoms. The lowest BCUT2D eigenvalue weighted by Gasteiger charge is -2.09. The van der Waals surface area contributed by atoms with Crippen LogP contribution >= 0.6 is 22.9 Å². The Morgan fingerprint density at radius 3 is 2.57 bits per heavy atom. The van der Waals surface area contributed by atoms with Crippen LogP contribution in [0, 0.1) is 13.8 Å². The molecule has 0 aliphatic carbocycles. The Morgan fingerprint density at radius 1 is 1.14 bits per heavy atom. The lowest BCUT2D eigenvalue weighted by Crippen LogP contribution is -2.14. The Balaban J connectivity index is 1.90. The summed E-state index contributed by atoms with van der Waals surface area (Å²) in [6.45, 7) is 3.96. The van der Waals surface area contributed by atoms with E-state index in [9.17, 15) is 9.59 Å². The molecule has 0 aliphatic rings. The molecular formula is C16H16ClNO2S. The number of ketones is 1. The molecule has 0 spiro atoms. The molecule has 1 amide bonds. The lowest BCUT2D eigenvalue weighted by atomic mass is 10.1. The highest BCUT2D eigenvalue weighted by Gasteiger charge is 2.12. The molecule has 2 rings (SSSR count). The van der Waals surface area contributed by atoms with Crippen molar-refractivity contribution in [2.45, 2.75) is 26.7 Å².